The summed E-state index contributed by atoms with van der Waals surface area (Å²) >= 11 is 0. The smallest absolute Gasteiger partial charge is 0.189 e. The monoisotopic (exact) mass is 329 g/mol. The zero-order valence-electron chi connectivity index (χ0n) is 13.8. The van der Waals surface area contributed by atoms with Gasteiger partial charge in [-0.1, -0.05) is 12.1 Å². The molecule has 0 saturated carbocycles. The van der Waals surface area contributed by atoms with Gasteiger partial charge < -0.3 is 9.64 Å². The van der Waals surface area contributed by atoms with Crippen LogP contribution >= 0.6 is 0 Å². The molecule has 5 nitrogen and oxygen atoms in total. The minimum absolute atomic E-state index is 0.140. The number of allylic oxidation sites excluding steroid dienone is 1. The van der Waals surface area contributed by atoms with Crippen molar-refractivity contribution in [3.63, 3.8) is 0 Å². The summed E-state index contributed by atoms with van der Waals surface area (Å²) in [5.41, 5.74) is 2.46. The highest BCUT2D eigenvalue weighted by atomic mass is 19.1. The molecule has 0 bridgehead atoms. The summed E-state index contributed by atoms with van der Waals surface area (Å²) in [7, 11) is 1.77. The molecule has 1 aliphatic heterocycles. The molecule has 0 unspecified atom stereocenters. The standard InChI is InChI=1S/C18H20FN3O2/c1-13-15(12-21(2)20-13)18(23)6-4-14-3-5-17(16(19)11-14)22-7-9-24-10-8-22/h3-6,11-12H,7-10H2,1-2H3/b6-4+. The van der Waals surface area contributed by atoms with Crippen LogP contribution in [0.25, 0.3) is 6.08 Å². The number of anilines is 1. The second-order valence-electron chi connectivity index (χ2n) is 5.81. The topological polar surface area (TPSA) is 47.4 Å². The van der Waals surface area contributed by atoms with Gasteiger partial charge in [0.15, 0.2) is 5.78 Å². The number of aryl methyl sites for hydroxylation is 2. The first-order valence-electron chi connectivity index (χ1n) is 7.89. The van der Waals surface area contributed by atoms with Crippen molar-refractivity contribution in [1.82, 2.24) is 9.78 Å². The Morgan fingerprint density at radius 1 is 1.33 bits per heavy atom. The number of nitrogens with zero attached hydrogens (tertiary/aromatic N) is 3. The third-order valence-corrected chi connectivity index (χ3v) is 4.03. The van der Waals surface area contributed by atoms with Crippen molar-refractivity contribution in [2.24, 2.45) is 7.05 Å². The first kappa shape index (κ1) is 16.4. The number of carbonyl (C=O) groups excluding carboxylic acids is 1. The molecule has 6 heteroatoms. The van der Waals surface area contributed by atoms with Gasteiger partial charge in [0.2, 0.25) is 0 Å². The molecule has 0 aliphatic carbocycles. The molecule has 1 saturated heterocycles. The van der Waals surface area contributed by atoms with Gasteiger partial charge in [-0.25, -0.2) is 4.39 Å². The van der Waals surface area contributed by atoms with Crippen LogP contribution in [0.5, 0.6) is 0 Å². The van der Waals surface area contributed by atoms with E-state index < -0.39 is 0 Å². The SMILES string of the molecule is Cc1nn(C)cc1C(=O)/C=C/c1ccc(N2CCOCC2)c(F)c1. The minimum atomic E-state index is -0.288. The third kappa shape index (κ3) is 3.54. The zero-order valence-corrected chi connectivity index (χ0v) is 13.8. The average Bonchev–Trinajstić information content (AvgIpc) is 2.92. The van der Waals surface area contributed by atoms with Crippen molar-refractivity contribution in [3.05, 3.63) is 53.1 Å². The molecule has 0 amide bonds. The van der Waals surface area contributed by atoms with Crippen molar-refractivity contribution >= 4 is 17.5 Å². The molecular formula is C18H20FN3O2. The van der Waals surface area contributed by atoms with Crippen LogP contribution in [0.4, 0.5) is 10.1 Å². The lowest BCUT2D eigenvalue weighted by Crippen LogP contribution is -2.36. The Kier molecular flexibility index (Phi) is 4.76. The summed E-state index contributed by atoms with van der Waals surface area (Å²) < 4.78 is 21.2. The molecule has 2 heterocycles. The Labute approximate surface area is 140 Å². The predicted octanol–water partition coefficient (Wildman–Crippen LogP) is 2.60. The van der Waals surface area contributed by atoms with Crippen LogP contribution in [-0.4, -0.2) is 41.9 Å². The van der Waals surface area contributed by atoms with Gasteiger partial charge >= 0.3 is 0 Å². The second kappa shape index (κ2) is 6.97. The minimum Gasteiger partial charge on any atom is -0.378 e. The van der Waals surface area contributed by atoms with Crippen molar-refractivity contribution in [3.8, 4) is 0 Å². The number of halogens is 1. The first-order chi connectivity index (χ1) is 11.5. The predicted molar refractivity (Wildman–Crippen MR) is 90.7 cm³/mol. The Bertz CT molecular complexity index is 777. The summed E-state index contributed by atoms with van der Waals surface area (Å²) in [5.74, 6) is -0.428. The highest BCUT2D eigenvalue weighted by Gasteiger charge is 2.15. The maximum atomic E-state index is 14.3. The van der Waals surface area contributed by atoms with E-state index in [9.17, 15) is 9.18 Å². The van der Waals surface area contributed by atoms with E-state index in [0.717, 1.165) is 0 Å². The van der Waals surface area contributed by atoms with E-state index in [2.05, 4.69) is 5.10 Å². The fraction of sp³-hybridized carbons (Fsp3) is 0.333. The van der Waals surface area contributed by atoms with E-state index in [-0.39, 0.29) is 11.6 Å². The van der Waals surface area contributed by atoms with Gasteiger partial charge in [-0.15, -0.1) is 0 Å². The number of rotatable bonds is 4. The van der Waals surface area contributed by atoms with Crippen LogP contribution in [-0.2, 0) is 11.8 Å². The Morgan fingerprint density at radius 3 is 2.71 bits per heavy atom. The zero-order chi connectivity index (χ0) is 17.1. The molecule has 3 rings (SSSR count). The van der Waals surface area contributed by atoms with E-state index >= 15 is 0 Å². The summed E-state index contributed by atoms with van der Waals surface area (Å²) in [6.45, 7) is 4.38. The van der Waals surface area contributed by atoms with Gasteiger partial charge in [0.1, 0.15) is 5.82 Å². The van der Waals surface area contributed by atoms with Crippen molar-refractivity contribution < 1.29 is 13.9 Å². The number of hydrogen-bond acceptors (Lipinski definition) is 4. The van der Waals surface area contributed by atoms with Gasteiger partial charge in [-0.3, -0.25) is 9.48 Å². The largest absolute Gasteiger partial charge is 0.378 e. The van der Waals surface area contributed by atoms with Crippen LogP contribution in [0.3, 0.4) is 0 Å². The van der Waals surface area contributed by atoms with Crippen LogP contribution in [0.15, 0.2) is 30.5 Å². The maximum absolute atomic E-state index is 14.3. The molecule has 0 radical (unpaired) electrons. The normalized spacial score (nSPS) is 15.2. The van der Waals surface area contributed by atoms with Crippen LogP contribution in [0.1, 0.15) is 21.6 Å². The van der Waals surface area contributed by atoms with Gasteiger partial charge in [-0.2, -0.15) is 5.10 Å². The molecule has 2 aromatic rings. The highest BCUT2D eigenvalue weighted by Crippen LogP contribution is 2.22. The van der Waals surface area contributed by atoms with Gasteiger partial charge in [-0.05, 0) is 30.7 Å². The number of aromatic nitrogens is 2. The Morgan fingerprint density at radius 2 is 2.08 bits per heavy atom. The van der Waals surface area contributed by atoms with Crippen LogP contribution in [0, 0.1) is 12.7 Å². The number of carbonyl (C=O) groups is 1. The second-order valence-corrected chi connectivity index (χ2v) is 5.81. The van der Waals surface area contributed by atoms with Crippen molar-refractivity contribution in [2.45, 2.75) is 6.92 Å². The summed E-state index contributed by atoms with van der Waals surface area (Å²) in [6.07, 6.45) is 4.76. The average molecular weight is 329 g/mol. The Hall–Kier alpha value is -2.47. The molecule has 1 fully saturated rings. The molecule has 1 aliphatic rings. The number of hydrogen-bond donors (Lipinski definition) is 0. The number of benzene rings is 1. The molecule has 126 valence electrons. The van der Waals surface area contributed by atoms with Crippen molar-refractivity contribution in [1.29, 1.82) is 0 Å². The highest BCUT2D eigenvalue weighted by molar-refractivity contribution is 6.07. The number of morpholine rings is 1. The fourth-order valence-corrected chi connectivity index (χ4v) is 2.79. The van der Waals surface area contributed by atoms with Crippen molar-refractivity contribution in [2.75, 3.05) is 31.2 Å². The van der Waals surface area contributed by atoms with E-state index in [4.69, 9.17) is 4.74 Å². The molecule has 1 aromatic carbocycles. The fourth-order valence-electron chi connectivity index (χ4n) is 2.79. The lowest BCUT2D eigenvalue weighted by molar-refractivity contribution is 0.104. The van der Waals surface area contributed by atoms with Gasteiger partial charge in [0.05, 0.1) is 30.2 Å². The van der Waals surface area contributed by atoms with E-state index in [1.165, 1.54) is 12.1 Å². The molecule has 0 spiro atoms. The van der Waals surface area contributed by atoms with E-state index in [0.29, 0.717) is 48.8 Å². The van der Waals surface area contributed by atoms with Gasteiger partial charge in [0, 0.05) is 26.3 Å². The molecule has 0 N–H and O–H groups in total. The van der Waals surface area contributed by atoms with E-state index in [1.807, 2.05) is 11.0 Å². The first-order valence-corrected chi connectivity index (χ1v) is 7.89. The molecule has 1 aromatic heterocycles. The number of ether oxygens (including phenoxy) is 1. The van der Waals surface area contributed by atoms with Crippen LogP contribution < -0.4 is 4.90 Å². The van der Waals surface area contributed by atoms with E-state index in [1.54, 1.807) is 37.0 Å². The third-order valence-electron chi connectivity index (χ3n) is 4.03. The molecule has 24 heavy (non-hydrogen) atoms. The molecular weight excluding hydrogens is 309 g/mol. The summed E-state index contributed by atoms with van der Waals surface area (Å²) in [4.78, 5) is 14.2. The quantitative estimate of drug-likeness (QED) is 0.639. The lowest BCUT2D eigenvalue weighted by Gasteiger charge is -2.29. The Balaban J connectivity index is 1.74. The lowest BCUT2D eigenvalue weighted by atomic mass is 10.1. The molecule has 0 atom stereocenters. The number of ketones is 1. The maximum Gasteiger partial charge on any atom is 0.189 e. The summed E-state index contributed by atoms with van der Waals surface area (Å²) in [6, 6.07) is 5.01. The van der Waals surface area contributed by atoms with Gasteiger partial charge in [0.25, 0.3) is 0 Å². The summed E-state index contributed by atoms with van der Waals surface area (Å²) in [5, 5.41) is 4.15. The van der Waals surface area contributed by atoms with Crippen LogP contribution in [0.2, 0.25) is 0 Å².